The fraction of sp³-hybridized carbons (Fsp3) is 0.462. The number of hydrogen-bond donors (Lipinski definition) is 3. The molecule has 2 amide bonds. The topological polar surface area (TPSA) is 124 Å². The zero-order valence-electron chi connectivity index (χ0n) is 13.5. The number of aliphatic imine (C=N–C) groups is 1. The SMILES string of the molecule is Cc1nc(NC(=O)N2C=CC=NC2)sc1S(=O)(=O)NC(C)(C)CO. The van der Waals surface area contributed by atoms with Gasteiger partial charge in [0.25, 0.3) is 10.0 Å². The number of allylic oxidation sites excluding steroid dienone is 1. The Balaban J connectivity index is 2.16. The Morgan fingerprint density at radius 2 is 2.21 bits per heavy atom. The molecular weight excluding hydrogens is 354 g/mol. The number of amides is 2. The van der Waals surface area contributed by atoms with Crippen molar-refractivity contribution in [3.05, 3.63) is 18.0 Å². The molecule has 0 saturated carbocycles. The van der Waals surface area contributed by atoms with Crippen LogP contribution in [-0.4, -0.2) is 54.5 Å². The predicted molar refractivity (Wildman–Crippen MR) is 91.7 cm³/mol. The fourth-order valence-electron chi connectivity index (χ4n) is 1.81. The molecule has 11 heteroatoms. The highest BCUT2D eigenvalue weighted by molar-refractivity contribution is 7.91. The number of nitrogens with zero attached hydrogens (tertiary/aromatic N) is 3. The van der Waals surface area contributed by atoms with E-state index in [1.807, 2.05) is 0 Å². The van der Waals surface area contributed by atoms with Crippen LogP contribution in [0.1, 0.15) is 19.5 Å². The zero-order chi connectivity index (χ0) is 18.0. The van der Waals surface area contributed by atoms with Gasteiger partial charge < -0.3 is 5.11 Å². The molecule has 0 radical (unpaired) electrons. The van der Waals surface area contributed by atoms with E-state index in [2.05, 4.69) is 20.0 Å². The van der Waals surface area contributed by atoms with Crippen LogP contribution in [0.4, 0.5) is 9.93 Å². The minimum Gasteiger partial charge on any atom is -0.394 e. The number of sulfonamides is 1. The van der Waals surface area contributed by atoms with E-state index in [1.165, 1.54) is 11.8 Å². The van der Waals surface area contributed by atoms with Crippen LogP contribution in [0.5, 0.6) is 0 Å². The number of nitrogens with one attached hydrogen (secondary N) is 2. The standard InChI is InChI=1S/C13H19N5O4S2/c1-9-10(24(21,22)17-13(2,3)7-19)23-11(15-9)16-12(20)18-6-4-5-14-8-18/h4-6,17,19H,7-8H2,1-3H3,(H,15,16,20). The minimum absolute atomic E-state index is 0.00784. The van der Waals surface area contributed by atoms with Crippen molar-refractivity contribution in [2.24, 2.45) is 4.99 Å². The lowest BCUT2D eigenvalue weighted by atomic mass is 10.1. The van der Waals surface area contributed by atoms with Gasteiger partial charge in [-0.3, -0.25) is 15.2 Å². The summed E-state index contributed by atoms with van der Waals surface area (Å²) >= 11 is 0.846. The highest BCUT2D eigenvalue weighted by Crippen LogP contribution is 2.28. The van der Waals surface area contributed by atoms with Gasteiger partial charge in [-0.1, -0.05) is 11.3 Å². The molecule has 24 heavy (non-hydrogen) atoms. The summed E-state index contributed by atoms with van der Waals surface area (Å²) < 4.78 is 27.2. The van der Waals surface area contributed by atoms with Crippen LogP contribution in [0.15, 0.2) is 21.5 Å². The molecule has 132 valence electrons. The number of carbonyl (C=O) groups is 1. The summed E-state index contributed by atoms with van der Waals surface area (Å²) in [6.45, 7) is 4.50. The van der Waals surface area contributed by atoms with E-state index < -0.39 is 21.6 Å². The molecule has 2 rings (SSSR count). The number of thiazole rings is 1. The number of aromatic nitrogens is 1. The van der Waals surface area contributed by atoms with Gasteiger partial charge in [-0.25, -0.2) is 22.9 Å². The van der Waals surface area contributed by atoms with E-state index in [1.54, 1.807) is 32.3 Å². The molecule has 1 aromatic heterocycles. The van der Waals surface area contributed by atoms with Crippen molar-refractivity contribution in [2.75, 3.05) is 18.6 Å². The maximum Gasteiger partial charge on any atom is 0.329 e. The number of rotatable bonds is 5. The largest absolute Gasteiger partial charge is 0.394 e. The fourth-order valence-corrected chi connectivity index (χ4v) is 4.62. The first-order valence-corrected chi connectivity index (χ1v) is 9.31. The lowest BCUT2D eigenvalue weighted by Gasteiger charge is -2.22. The third-order valence-corrected chi connectivity index (χ3v) is 6.35. The van der Waals surface area contributed by atoms with Crippen molar-refractivity contribution in [2.45, 2.75) is 30.5 Å². The molecule has 1 aliphatic rings. The summed E-state index contributed by atoms with van der Waals surface area (Å²) in [5.41, 5.74) is -0.737. The summed E-state index contributed by atoms with van der Waals surface area (Å²) in [5.74, 6) is 0. The molecule has 0 fully saturated rings. The summed E-state index contributed by atoms with van der Waals surface area (Å²) in [5, 5.41) is 11.9. The van der Waals surface area contributed by atoms with Gasteiger partial charge in [0.1, 0.15) is 6.67 Å². The van der Waals surface area contributed by atoms with Crippen LogP contribution in [0.2, 0.25) is 0 Å². The number of carbonyl (C=O) groups excluding carboxylic acids is 1. The van der Waals surface area contributed by atoms with E-state index in [0.717, 1.165) is 11.3 Å². The quantitative estimate of drug-likeness (QED) is 0.707. The van der Waals surface area contributed by atoms with Crippen LogP contribution in [-0.2, 0) is 10.0 Å². The van der Waals surface area contributed by atoms with Gasteiger partial charge in [0.15, 0.2) is 9.34 Å². The number of aliphatic hydroxyl groups excluding tert-OH is 1. The Morgan fingerprint density at radius 3 is 2.79 bits per heavy atom. The van der Waals surface area contributed by atoms with E-state index in [9.17, 15) is 18.3 Å². The molecule has 0 aliphatic carbocycles. The van der Waals surface area contributed by atoms with Crippen LogP contribution in [0, 0.1) is 6.92 Å². The van der Waals surface area contributed by atoms with Gasteiger partial charge in [0.2, 0.25) is 0 Å². The lowest BCUT2D eigenvalue weighted by Crippen LogP contribution is -2.46. The second kappa shape index (κ2) is 6.97. The number of hydrogen-bond acceptors (Lipinski definition) is 7. The molecule has 9 nitrogen and oxygen atoms in total. The molecule has 2 heterocycles. The van der Waals surface area contributed by atoms with Gasteiger partial charge in [0.05, 0.1) is 17.8 Å². The highest BCUT2D eigenvalue weighted by atomic mass is 32.2. The van der Waals surface area contributed by atoms with E-state index in [0.29, 0.717) is 0 Å². The number of urea groups is 1. The molecule has 0 aromatic carbocycles. The molecule has 0 spiro atoms. The molecule has 0 bridgehead atoms. The van der Waals surface area contributed by atoms with E-state index >= 15 is 0 Å². The molecule has 0 unspecified atom stereocenters. The summed E-state index contributed by atoms with van der Waals surface area (Å²) in [6, 6.07) is -0.454. The highest BCUT2D eigenvalue weighted by Gasteiger charge is 2.29. The van der Waals surface area contributed by atoms with Crippen LogP contribution >= 0.6 is 11.3 Å². The van der Waals surface area contributed by atoms with E-state index in [4.69, 9.17) is 0 Å². The van der Waals surface area contributed by atoms with Crippen molar-refractivity contribution in [3.8, 4) is 0 Å². The van der Waals surface area contributed by atoms with Gasteiger partial charge in [0, 0.05) is 12.4 Å². The Morgan fingerprint density at radius 1 is 1.50 bits per heavy atom. The molecule has 0 atom stereocenters. The maximum atomic E-state index is 12.4. The third kappa shape index (κ3) is 4.38. The smallest absolute Gasteiger partial charge is 0.329 e. The Labute approximate surface area is 144 Å². The van der Waals surface area contributed by atoms with Crippen molar-refractivity contribution in [3.63, 3.8) is 0 Å². The van der Waals surface area contributed by atoms with Crippen molar-refractivity contribution in [1.82, 2.24) is 14.6 Å². The summed E-state index contributed by atoms with van der Waals surface area (Å²) in [6.07, 6.45) is 4.76. The predicted octanol–water partition coefficient (Wildman–Crippen LogP) is 0.890. The first kappa shape index (κ1) is 18.5. The lowest BCUT2D eigenvalue weighted by molar-refractivity contribution is 0.208. The normalized spacial score (nSPS) is 14.9. The second-order valence-electron chi connectivity index (χ2n) is 5.75. The van der Waals surface area contributed by atoms with Gasteiger partial charge in [-0.2, -0.15) is 0 Å². The van der Waals surface area contributed by atoms with Crippen molar-refractivity contribution < 1.29 is 18.3 Å². The Bertz CT molecular complexity index is 782. The monoisotopic (exact) mass is 373 g/mol. The average molecular weight is 373 g/mol. The van der Waals surface area contributed by atoms with Gasteiger partial charge in [-0.15, -0.1) is 0 Å². The van der Waals surface area contributed by atoms with Crippen LogP contribution in [0.25, 0.3) is 0 Å². The van der Waals surface area contributed by atoms with Gasteiger partial charge in [-0.05, 0) is 26.8 Å². The van der Waals surface area contributed by atoms with Crippen LogP contribution in [0.3, 0.4) is 0 Å². The third-order valence-electron chi connectivity index (χ3n) is 2.97. The Hall–Kier alpha value is -1.82. The molecule has 3 N–H and O–H groups in total. The number of aliphatic hydroxyl groups is 1. The van der Waals surface area contributed by atoms with E-state index in [-0.39, 0.29) is 28.3 Å². The first-order chi connectivity index (χ1) is 11.1. The average Bonchev–Trinajstić information content (AvgIpc) is 2.88. The maximum absolute atomic E-state index is 12.4. The van der Waals surface area contributed by atoms with Crippen molar-refractivity contribution in [1.29, 1.82) is 0 Å². The zero-order valence-corrected chi connectivity index (χ0v) is 15.1. The number of aryl methyl sites for hydroxylation is 1. The molecule has 0 saturated heterocycles. The second-order valence-corrected chi connectivity index (χ2v) is 8.63. The first-order valence-electron chi connectivity index (χ1n) is 7.01. The van der Waals surface area contributed by atoms with Gasteiger partial charge >= 0.3 is 6.03 Å². The Kier molecular flexibility index (Phi) is 5.38. The number of anilines is 1. The molecule has 1 aromatic rings. The van der Waals surface area contributed by atoms with Crippen molar-refractivity contribution >= 4 is 38.7 Å². The minimum atomic E-state index is -3.86. The molecular formula is C13H19N5O4S2. The summed E-state index contributed by atoms with van der Waals surface area (Å²) in [7, 11) is -3.86. The summed E-state index contributed by atoms with van der Waals surface area (Å²) in [4.78, 5) is 21.4. The molecule has 1 aliphatic heterocycles. The van der Waals surface area contributed by atoms with Crippen LogP contribution < -0.4 is 10.0 Å².